The van der Waals surface area contributed by atoms with Crippen LogP contribution in [0.4, 0.5) is 17.3 Å². The normalized spacial score (nSPS) is 18.3. The van der Waals surface area contributed by atoms with Crippen molar-refractivity contribution in [2.45, 2.75) is 38.1 Å². The van der Waals surface area contributed by atoms with Gasteiger partial charge in [-0.05, 0) is 36.2 Å². The van der Waals surface area contributed by atoms with Crippen LogP contribution in [0.1, 0.15) is 32.1 Å². The molecule has 0 unspecified atom stereocenters. The van der Waals surface area contributed by atoms with Gasteiger partial charge in [0.05, 0.1) is 5.69 Å². The SMILES string of the molecule is O=Nc1cc(-c2ccnc(NC3CCCCC3)c2)nc(N2CCNCC2)c1. The Hall–Kier alpha value is -2.54. The van der Waals surface area contributed by atoms with E-state index in [2.05, 4.69) is 25.7 Å². The van der Waals surface area contributed by atoms with Crippen molar-refractivity contribution in [1.29, 1.82) is 0 Å². The molecule has 0 spiro atoms. The number of rotatable bonds is 5. The van der Waals surface area contributed by atoms with E-state index >= 15 is 0 Å². The minimum absolute atomic E-state index is 0.409. The molecule has 0 amide bonds. The number of hydrogen-bond donors (Lipinski definition) is 2. The second kappa shape index (κ2) is 8.43. The van der Waals surface area contributed by atoms with Crippen LogP contribution in [0.25, 0.3) is 11.3 Å². The van der Waals surface area contributed by atoms with Crippen molar-refractivity contribution >= 4 is 17.3 Å². The number of nitrogens with zero attached hydrogens (tertiary/aromatic N) is 4. The largest absolute Gasteiger partial charge is 0.367 e. The van der Waals surface area contributed by atoms with E-state index in [1.807, 2.05) is 12.1 Å². The highest BCUT2D eigenvalue weighted by molar-refractivity contribution is 5.69. The monoisotopic (exact) mass is 366 g/mol. The van der Waals surface area contributed by atoms with Gasteiger partial charge in [0, 0.05) is 50.0 Å². The molecule has 2 fully saturated rings. The Labute approximate surface area is 159 Å². The van der Waals surface area contributed by atoms with Crippen LogP contribution in [0.15, 0.2) is 35.6 Å². The summed E-state index contributed by atoms with van der Waals surface area (Å²) < 4.78 is 0. The van der Waals surface area contributed by atoms with Crippen LogP contribution in [0.3, 0.4) is 0 Å². The van der Waals surface area contributed by atoms with Gasteiger partial charge in [-0.15, -0.1) is 4.91 Å². The average Bonchev–Trinajstić information content (AvgIpc) is 2.75. The van der Waals surface area contributed by atoms with E-state index in [-0.39, 0.29) is 0 Å². The molecule has 0 bridgehead atoms. The van der Waals surface area contributed by atoms with Crippen molar-refractivity contribution in [2.24, 2.45) is 5.18 Å². The van der Waals surface area contributed by atoms with Crippen LogP contribution in [0.5, 0.6) is 0 Å². The summed E-state index contributed by atoms with van der Waals surface area (Å²) in [5, 5.41) is 10.1. The Morgan fingerprint density at radius 2 is 1.93 bits per heavy atom. The van der Waals surface area contributed by atoms with E-state index < -0.39 is 0 Å². The number of hydrogen-bond acceptors (Lipinski definition) is 7. The van der Waals surface area contributed by atoms with E-state index in [0.717, 1.165) is 49.1 Å². The van der Waals surface area contributed by atoms with Crippen LogP contribution < -0.4 is 15.5 Å². The summed E-state index contributed by atoms with van der Waals surface area (Å²) in [6, 6.07) is 7.97. The maximum Gasteiger partial charge on any atom is 0.131 e. The Kier molecular flexibility index (Phi) is 5.58. The summed E-state index contributed by atoms with van der Waals surface area (Å²) in [5.74, 6) is 1.68. The number of nitroso groups, excluding NO2 is 1. The van der Waals surface area contributed by atoms with Crippen LogP contribution >= 0.6 is 0 Å². The van der Waals surface area contributed by atoms with Gasteiger partial charge in [-0.2, -0.15) is 0 Å². The molecule has 2 N–H and O–H groups in total. The lowest BCUT2D eigenvalue weighted by Crippen LogP contribution is -2.43. The highest BCUT2D eigenvalue weighted by Gasteiger charge is 2.16. The van der Waals surface area contributed by atoms with Gasteiger partial charge in [0.15, 0.2) is 0 Å². The summed E-state index contributed by atoms with van der Waals surface area (Å²) in [6.45, 7) is 3.58. The van der Waals surface area contributed by atoms with Crippen LogP contribution in [-0.4, -0.2) is 42.2 Å². The van der Waals surface area contributed by atoms with Gasteiger partial charge in [-0.1, -0.05) is 19.3 Å². The van der Waals surface area contributed by atoms with Crippen molar-refractivity contribution in [1.82, 2.24) is 15.3 Å². The average molecular weight is 366 g/mol. The highest BCUT2D eigenvalue weighted by Crippen LogP contribution is 2.29. The maximum atomic E-state index is 11.2. The summed E-state index contributed by atoms with van der Waals surface area (Å²) in [4.78, 5) is 22.7. The molecule has 7 nitrogen and oxygen atoms in total. The van der Waals surface area contributed by atoms with Gasteiger partial charge in [-0.3, -0.25) is 0 Å². The first-order chi connectivity index (χ1) is 13.3. The summed E-state index contributed by atoms with van der Waals surface area (Å²) in [7, 11) is 0. The van der Waals surface area contributed by atoms with Crippen LogP contribution in [-0.2, 0) is 0 Å². The number of aromatic nitrogens is 2. The predicted molar refractivity (Wildman–Crippen MR) is 109 cm³/mol. The molecule has 0 aromatic carbocycles. The molecule has 2 aliphatic rings. The van der Waals surface area contributed by atoms with Crippen LogP contribution in [0, 0.1) is 4.91 Å². The minimum Gasteiger partial charge on any atom is -0.367 e. The fourth-order valence-electron chi connectivity index (χ4n) is 3.88. The number of anilines is 2. The van der Waals surface area contributed by atoms with Crippen molar-refractivity contribution in [3.8, 4) is 11.3 Å². The van der Waals surface area contributed by atoms with E-state index in [4.69, 9.17) is 4.98 Å². The molecule has 3 heterocycles. The summed E-state index contributed by atoms with van der Waals surface area (Å²) >= 11 is 0. The number of pyridine rings is 2. The molecule has 4 rings (SSSR count). The minimum atomic E-state index is 0.409. The van der Waals surface area contributed by atoms with Gasteiger partial charge < -0.3 is 15.5 Å². The van der Waals surface area contributed by atoms with Crippen molar-refractivity contribution in [3.63, 3.8) is 0 Å². The molecule has 1 aliphatic carbocycles. The van der Waals surface area contributed by atoms with Crippen LogP contribution in [0.2, 0.25) is 0 Å². The lowest BCUT2D eigenvalue weighted by Gasteiger charge is -2.28. The summed E-state index contributed by atoms with van der Waals surface area (Å²) in [6.07, 6.45) is 8.08. The molecule has 27 heavy (non-hydrogen) atoms. The zero-order valence-corrected chi connectivity index (χ0v) is 15.5. The molecule has 142 valence electrons. The number of piperazine rings is 1. The van der Waals surface area contributed by atoms with E-state index in [1.165, 1.54) is 32.1 Å². The van der Waals surface area contributed by atoms with E-state index in [0.29, 0.717) is 11.7 Å². The Balaban J connectivity index is 1.59. The van der Waals surface area contributed by atoms with E-state index in [9.17, 15) is 4.91 Å². The summed E-state index contributed by atoms with van der Waals surface area (Å²) in [5.41, 5.74) is 2.12. The number of nitrogens with one attached hydrogen (secondary N) is 2. The fraction of sp³-hybridized carbons (Fsp3) is 0.500. The Morgan fingerprint density at radius 3 is 2.70 bits per heavy atom. The molecule has 1 saturated carbocycles. The standard InChI is InChI=1S/C20H26N6O/c27-25-17-13-18(24-20(14-17)26-10-8-21-9-11-26)15-6-7-22-19(12-15)23-16-4-2-1-3-5-16/h6-7,12-14,16,21H,1-5,8-11H2,(H,22,23). The zero-order valence-electron chi connectivity index (χ0n) is 15.5. The molecule has 1 aliphatic heterocycles. The molecule has 1 saturated heterocycles. The van der Waals surface area contributed by atoms with Crippen molar-refractivity contribution in [2.75, 3.05) is 36.4 Å². The first-order valence-corrected chi connectivity index (χ1v) is 9.86. The second-order valence-corrected chi connectivity index (χ2v) is 7.31. The molecule has 0 atom stereocenters. The van der Waals surface area contributed by atoms with Crippen molar-refractivity contribution in [3.05, 3.63) is 35.4 Å². The molecule has 2 aromatic heterocycles. The predicted octanol–water partition coefficient (Wildman–Crippen LogP) is 3.70. The second-order valence-electron chi connectivity index (χ2n) is 7.31. The van der Waals surface area contributed by atoms with Gasteiger partial charge in [-0.25, -0.2) is 9.97 Å². The van der Waals surface area contributed by atoms with Gasteiger partial charge in [0.1, 0.15) is 17.3 Å². The molecule has 7 heteroatoms. The third-order valence-corrected chi connectivity index (χ3v) is 5.36. The molecule has 2 aromatic rings. The lowest BCUT2D eigenvalue weighted by molar-refractivity contribution is 0.462. The first kappa shape index (κ1) is 17.9. The molecular weight excluding hydrogens is 340 g/mol. The third-order valence-electron chi connectivity index (χ3n) is 5.36. The van der Waals surface area contributed by atoms with E-state index in [1.54, 1.807) is 18.3 Å². The van der Waals surface area contributed by atoms with Crippen molar-refractivity contribution < 1.29 is 0 Å². The molecule has 0 radical (unpaired) electrons. The van der Waals surface area contributed by atoms with Gasteiger partial charge in [0.2, 0.25) is 0 Å². The third kappa shape index (κ3) is 4.42. The van der Waals surface area contributed by atoms with Gasteiger partial charge in [0.25, 0.3) is 0 Å². The smallest absolute Gasteiger partial charge is 0.131 e. The Morgan fingerprint density at radius 1 is 1.11 bits per heavy atom. The van der Waals surface area contributed by atoms with Gasteiger partial charge >= 0.3 is 0 Å². The maximum absolute atomic E-state index is 11.2. The first-order valence-electron chi connectivity index (χ1n) is 9.86. The molecular formula is C20H26N6O. The Bertz CT molecular complexity index is 784. The fourth-order valence-corrected chi connectivity index (χ4v) is 3.88. The quantitative estimate of drug-likeness (QED) is 0.785. The lowest BCUT2D eigenvalue weighted by atomic mass is 9.95. The zero-order chi connectivity index (χ0) is 18.5. The highest BCUT2D eigenvalue weighted by atomic mass is 16.3. The topological polar surface area (TPSA) is 82.5 Å².